The van der Waals surface area contributed by atoms with Gasteiger partial charge in [-0.2, -0.15) is 0 Å². The lowest BCUT2D eigenvalue weighted by atomic mass is 9.81. The van der Waals surface area contributed by atoms with E-state index in [2.05, 4.69) is 29.5 Å². The minimum absolute atomic E-state index is 0.157. The molecule has 126 valence electrons. The molecular weight excluding hydrogens is 298 g/mol. The summed E-state index contributed by atoms with van der Waals surface area (Å²) in [6.45, 7) is 12.9. The van der Waals surface area contributed by atoms with Crippen LogP contribution >= 0.6 is 11.3 Å². The number of amides is 2. The Morgan fingerprint density at radius 3 is 2.45 bits per heavy atom. The SMILES string of the molecule is CC(C)c1csc(CNC(=O)NCC(C)(C)C(O)C(C)C)n1. The molecule has 1 heterocycles. The van der Waals surface area contributed by atoms with Gasteiger partial charge in [-0.3, -0.25) is 0 Å². The lowest BCUT2D eigenvalue weighted by molar-refractivity contribution is 0.0151. The predicted molar refractivity (Wildman–Crippen MR) is 91.1 cm³/mol. The Morgan fingerprint density at radius 2 is 1.95 bits per heavy atom. The first-order valence-corrected chi connectivity index (χ1v) is 8.65. The van der Waals surface area contributed by atoms with Gasteiger partial charge in [0.1, 0.15) is 5.01 Å². The summed E-state index contributed by atoms with van der Waals surface area (Å²) < 4.78 is 0. The number of nitrogens with zero attached hydrogens (tertiary/aromatic N) is 1. The lowest BCUT2D eigenvalue weighted by Crippen LogP contribution is -2.46. The zero-order chi connectivity index (χ0) is 16.9. The van der Waals surface area contributed by atoms with Gasteiger partial charge in [-0.1, -0.05) is 41.5 Å². The van der Waals surface area contributed by atoms with E-state index >= 15 is 0 Å². The fourth-order valence-corrected chi connectivity index (χ4v) is 3.10. The van der Waals surface area contributed by atoms with Gasteiger partial charge in [0.2, 0.25) is 0 Å². The third-order valence-corrected chi connectivity index (χ3v) is 4.56. The van der Waals surface area contributed by atoms with E-state index in [0.717, 1.165) is 10.7 Å². The normalized spacial score (nSPS) is 13.5. The first-order valence-electron chi connectivity index (χ1n) is 7.77. The fraction of sp³-hybridized carbons (Fsp3) is 0.750. The van der Waals surface area contributed by atoms with Crippen molar-refractivity contribution in [3.8, 4) is 0 Å². The van der Waals surface area contributed by atoms with Crippen molar-refractivity contribution >= 4 is 17.4 Å². The van der Waals surface area contributed by atoms with Crippen LogP contribution in [0.15, 0.2) is 5.38 Å². The molecule has 0 aliphatic rings. The molecule has 1 unspecified atom stereocenters. The molecule has 0 bridgehead atoms. The van der Waals surface area contributed by atoms with E-state index in [1.165, 1.54) is 0 Å². The van der Waals surface area contributed by atoms with Crippen molar-refractivity contribution in [2.45, 2.75) is 60.1 Å². The zero-order valence-electron chi connectivity index (χ0n) is 14.4. The molecule has 0 fully saturated rings. The van der Waals surface area contributed by atoms with Gasteiger partial charge >= 0.3 is 6.03 Å². The van der Waals surface area contributed by atoms with Crippen LogP contribution in [0.2, 0.25) is 0 Å². The van der Waals surface area contributed by atoms with Gasteiger partial charge < -0.3 is 15.7 Å². The summed E-state index contributed by atoms with van der Waals surface area (Å²) in [5, 5.41) is 18.7. The molecule has 0 aliphatic carbocycles. The molecule has 2 amide bonds. The molecule has 1 aromatic heterocycles. The van der Waals surface area contributed by atoms with Crippen LogP contribution < -0.4 is 10.6 Å². The van der Waals surface area contributed by atoms with Gasteiger partial charge in [-0.15, -0.1) is 11.3 Å². The van der Waals surface area contributed by atoms with Crippen LogP contribution in [0, 0.1) is 11.3 Å². The van der Waals surface area contributed by atoms with E-state index in [9.17, 15) is 9.90 Å². The highest BCUT2D eigenvalue weighted by Gasteiger charge is 2.30. The fourth-order valence-electron chi connectivity index (χ4n) is 2.20. The number of aliphatic hydroxyl groups excluding tert-OH is 1. The molecule has 1 aromatic rings. The molecule has 0 saturated heterocycles. The van der Waals surface area contributed by atoms with Crippen molar-refractivity contribution in [1.29, 1.82) is 0 Å². The molecular formula is C16H29N3O2S. The molecule has 0 aromatic carbocycles. The number of nitrogens with one attached hydrogen (secondary N) is 2. The van der Waals surface area contributed by atoms with Gasteiger partial charge in [0.05, 0.1) is 18.3 Å². The van der Waals surface area contributed by atoms with E-state index < -0.39 is 6.10 Å². The number of hydrogen-bond acceptors (Lipinski definition) is 4. The summed E-state index contributed by atoms with van der Waals surface area (Å²) in [5.41, 5.74) is 0.695. The first-order chi connectivity index (χ1) is 10.1. The number of urea groups is 1. The van der Waals surface area contributed by atoms with Crippen LogP contribution in [-0.4, -0.2) is 28.8 Å². The van der Waals surface area contributed by atoms with Crippen molar-refractivity contribution in [3.63, 3.8) is 0 Å². The molecule has 22 heavy (non-hydrogen) atoms. The van der Waals surface area contributed by atoms with E-state index in [1.54, 1.807) is 11.3 Å². The van der Waals surface area contributed by atoms with Crippen LogP contribution in [-0.2, 0) is 6.54 Å². The highest BCUT2D eigenvalue weighted by atomic mass is 32.1. The number of hydrogen-bond donors (Lipinski definition) is 3. The van der Waals surface area contributed by atoms with E-state index in [0.29, 0.717) is 19.0 Å². The second-order valence-corrected chi connectivity index (χ2v) is 7.98. The largest absolute Gasteiger partial charge is 0.392 e. The van der Waals surface area contributed by atoms with Crippen LogP contribution in [0.3, 0.4) is 0 Å². The minimum atomic E-state index is -0.458. The predicted octanol–water partition coefficient (Wildman–Crippen LogP) is 3.11. The van der Waals surface area contributed by atoms with Gasteiger partial charge in [0.25, 0.3) is 0 Å². The van der Waals surface area contributed by atoms with Crippen molar-refractivity contribution in [1.82, 2.24) is 15.6 Å². The topological polar surface area (TPSA) is 74.2 Å². The standard InChI is InChI=1S/C16H29N3O2S/c1-10(2)12-8-22-13(19-12)7-17-15(21)18-9-16(5,6)14(20)11(3)4/h8,10-11,14,20H,7,9H2,1-6H3,(H2,17,18,21). The average molecular weight is 327 g/mol. The van der Waals surface area contributed by atoms with Crippen LogP contribution in [0.1, 0.15) is 58.2 Å². The third-order valence-electron chi connectivity index (χ3n) is 3.70. The Morgan fingerprint density at radius 1 is 1.32 bits per heavy atom. The van der Waals surface area contributed by atoms with Crippen molar-refractivity contribution in [2.75, 3.05) is 6.54 Å². The maximum absolute atomic E-state index is 11.9. The highest BCUT2D eigenvalue weighted by molar-refractivity contribution is 7.09. The summed E-state index contributed by atoms with van der Waals surface area (Å²) in [7, 11) is 0. The van der Waals surface area contributed by atoms with Crippen LogP contribution in [0.5, 0.6) is 0 Å². The first kappa shape index (κ1) is 18.9. The van der Waals surface area contributed by atoms with Crippen LogP contribution in [0.4, 0.5) is 4.79 Å². The van der Waals surface area contributed by atoms with Crippen molar-refractivity contribution < 1.29 is 9.90 Å². The maximum Gasteiger partial charge on any atom is 0.315 e. The maximum atomic E-state index is 11.9. The molecule has 0 aliphatic heterocycles. The van der Waals surface area contributed by atoms with E-state index in [-0.39, 0.29) is 17.4 Å². The highest BCUT2D eigenvalue weighted by Crippen LogP contribution is 2.25. The Balaban J connectivity index is 2.40. The quantitative estimate of drug-likeness (QED) is 0.720. The molecule has 0 radical (unpaired) electrons. The Bertz CT molecular complexity index is 483. The molecule has 1 atom stereocenters. The third kappa shape index (κ3) is 5.57. The smallest absolute Gasteiger partial charge is 0.315 e. The van der Waals surface area contributed by atoms with E-state index in [4.69, 9.17) is 0 Å². The number of rotatable bonds is 7. The number of aliphatic hydroxyl groups is 1. The lowest BCUT2D eigenvalue weighted by Gasteiger charge is -2.33. The van der Waals surface area contributed by atoms with Gasteiger partial charge in [0, 0.05) is 17.3 Å². The molecule has 1 rings (SSSR count). The number of carbonyl (C=O) groups is 1. The molecule has 3 N–H and O–H groups in total. The van der Waals surface area contributed by atoms with E-state index in [1.807, 2.05) is 33.1 Å². The Hall–Kier alpha value is -1.14. The van der Waals surface area contributed by atoms with Gasteiger partial charge in [0.15, 0.2) is 0 Å². The summed E-state index contributed by atoms with van der Waals surface area (Å²) in [4.78, 5) is 16.3. The van der Waals surface area contributed by atoms with Crippen molar-refractivity contribution in [3.05, 3.63) is 16.1 Å². The molecule has 5 nitrogen and oxygen atoms in total. The minimum Gasteiger partial charge on any atom is -0.392 e. The molecule has 0 spiro atoms. The number of carbonyl (C=O) groups excluding carboxylic acids is 1. The number of aromatic nitrogens is 1. The number of thiazole rings is 1. The Labute approximate surface area is 137 Å². The second-order valence-electron chi connectivity index (χ2n) is 7.03. The van der Waals surface area contributed by atoms with Gasteiger partial charge in [-0.05, 0) is 11.8 Å². The van der Waals surface area contributed by atoms with Gasteiger partial charge in [-0.25, -0.2) is 9.78 Å². The summed E-state index contributed by atoms with van der Waals surface area (Å²) in [6.07, 6.45) is -0.458. The van der Waals surface area contributed by atoms with Crippen molar-refractivity contribution in [2.24, 2.45) is 11.3 Å². The second kappa shape index (κ2) is 7.92. The molecule has 0 saturated carbocycles. The summed E-state index contributed by atoms with van der Waals surface area (Å²) >= 11 is 1.56. The Kier molecular flexibility index (Phi) is 6.81. The zero-order valence-corrected chi connectivity index (χ0v) is 15.3. The van der Waals surface area contributed by atoms with Crippen LogP contribution in [0.25, 0.3) is 0 Å². The molecule has 6 heteroatoms. The summed E-state index contributed by atoms with van der Waals surface area (Å²) in [5.74, 6) is 0.557. The average Bonchev–Trinajstić information content (AvgIpc) is 2.91. The summed E-state index contributed by atoms with van der Waals surface area (Å²) in [6, 6.07) is -0.231. The monoisotopic (exact) mass is 327 g/mol.